The second kappa shape index (κ2) is 7.70. The number of aliphatic hydroxyl groups excluding tert-OH is 1. The smallest absolute Gasteiger partial charge is 0.251 e. The van der Waals surface area contributed by atoms with E-state index in [-0.39, 0.29) is 18.2 Å². The zero-order chi connectivity index (χ0) is 18.7. The van der Waals surface area contributed by atoms with Gasteiger partial charge in [-0.3, -0.25) is 9.59 Å². The highest BCUT2D eigenvalue weighted by atomic mass is 16.3. The fourth-order valence-corrected chi connectivity index (χ4v) is 3.46. The number of benzene rings is 2. The Labute approximate surface area is 153 Å². The van der Waals surface area contributed by atoms with E-state index in [4.69, 9.17) is 0 Å². The summed E-state index contributed by atoms with van der Waals surface area (Å²) in [5.41, 5.74) is 3.70. The molecule has 0 spiro atoms. The third kappa shape index (κ3) is 3.63. The van der Waals surface area contributed by atoms with Gasteiger partial charge in [-0.15, -0.1) is 0 Å². The number of aryl methyl sites for hydroxylation is 1. The topological polar surface area (TPSA) is 78.4 Å². The lowest BCUT2D eigenvalue weighted by Crippen LogP contribution is -2.39. The molecule has 5 heteroatoms. The molecule has 2 amide bonds. The van der Waals surface area contributed by atoms with Gasteiger partial charge in [-0.05, 0) is 42.2 Å². The number of amides is 2. The molecule has 26 heavy (non-hydrogen) atoms. The Kier molecular flexibility index (Phi) is 5.38. The van der Waals surface area contributed by atoms with E-state index in [1.165, 1.54) is 0 Å². The third-order valence-electron chi connectivity index (χ3n) is 4.84. The van der Waals surface area contributed by atoms with Crippen LogP contribution in [-0.2, 0) is 11.2 Å². The molecule has 0 unspecified atom stereocenters. The minimum atomic E-state index is -0.781. The zero-order valence-corrected chi connectivity index (χ0v) is 15.1. The van der Waals surface area contributed by atoms with Gasteiger partial charge < -0.3 is 15.7 Å². The van der Waals surface area contributed by atoms with Crippen molar-refractivity contribution in [2.75, 3.05) is 5.32 Å². The molecular weight excluding hydrogens is 328 g/mol. The van der Waals surface area contributed by atoms with Crippen LogP contribution in [0.3, 0.4) is 0 Å². The number of nitrogens with one attached hydrogen (secondary N) is 2. The average molecular weight is 352 g/mol. The molecule has 136 valence electrons. The van der Waals surface area contributed by atoms with Crippen molar-refractivity contribution in [1.82, 2.24) is 5.32 Å². The van der Waals surface area contributed by atoms with Crippen molar-refractivity contribution in [2.45, 2.75) is 45.3 Å². The quantitative estimate of drug-likeness (QED) is 0.747. The van der Waals surface area contributed by atoms with Crippen molar-refractivity contribution in [1.29, 1.82) is 0 Å². The summed E-state index contributed by atoms with van der Waals surface area (Å²) in [4.78, 5) is 24.5. The Morgan fingerprint density at radius 1 is 1.23 bits per heavy atom. The zero-order valence-electron chi connectivity index (χ0n) is 15.1. The van der Waals surface area contributed by atoms with E-state index in [0.717, 1.165) is 23.1 Å². The van der Waals surface area contributed by atoms with E-state index in [1.807, 2.05) is 38.1 Å². The molecule has 0 radical (unpaired) electrons. The van der Waals surface area contributed by atoms with Crippen molar-refractivity contribution < 1.29 is 14.7 Å². The standard InChI is InChI=1S/C21H24N2O3/c1-3-7-18(20(25)14-9-5-4-8-13(14)2)23-21(26)15-10-6-11-17-16(15)12-19(24)22-17/h4-6,8-11,18,20,25H,3,7,12H2,1-2H3,(H,22,24)(H,23,26)/t18-,20+/m1/s1. The van der Waals surface area contributed by atoms with E-state index in [1.54, 1.807) is 18.2 Å². The van der Waals surface area contributed by atoms with Crippen molar-refractivity contribution in [2.24, 2.45) is 0 Å². The van der Waals surface area contributed by atoms with E-state index in [9.17, 15) is 14.7 Å². The monoisotopic (exact) mass is 352 g/mol. The molecule has 2 aromatic rings. The number of rotatable bonds is 6. The molecule has 3 N–H and O–H groups in total. The Bertz CT molecular complexity index is 832. The minimum absolute atomic E-state index is 0.106. The summed E-state index contributed by atoms with van der Waals surface area (Å²) in [7, 11) is 0. The largest absolute Gasteiger partial charge is 0.386 e. The lowest BCUT2D eigenvalue weighted by atomic mass is 9.94. The van der Waals surface area contributed by atoms with Crippen LogP contribution in [0.2, 0.25) is 0 Å². The van der Waals surface area contributed by atoms with Crippen LogP contribution in [0, 0.1) is 6.92 Å². The summed E-state index contributed by atoms with van der Waals surface area (Å²) in [6.07, 6.45) is 0.919. The molecule has 3 rings (SSSR count). The summed E-state index contributed by atoms with van der Waals surface area (Å²) in [6.45, 7) is 3.97. The first-order valence-electron chi connectivity index (χ1n) is 8.97. The van der Waals surface area contributed by atoms with Gasteiger partial charge in [0.25, 0.3) is 5.91 Å². The molecule has 0 aliphatic carbocycles. The number of hydrogen-bond acceptors (Lipinski definition) is 3. The molecule has 0 saturated heterocycles. The molecule has 0 aromatic heterocycles. The summed E-state index contributed by atoms with van der Waals surface area (Å²) >= 11 is 0. The molecule has 0 saturated carbocycles. The Morgan fingerprint density at radius 3 is 2.73 bits per heavy atom. The second-order valence-electron chi connectivity index (χ2n) is 6.73. The molecule has 2 atom stereocenters. The van der Waals surface area contributed by atoms with E-state index < -0.39 is 12.1 Å². The van der Waals surface area contributed by atoms with Crippen LogP contribution in [0.1, 0.15) is 52.9 Å². The maximum Gasteiger partial charge on any atom is 0.251 e. The van der Waals surface area contributed by atoms with E-state index in [0.29, 0.717) is 17.7 Å². The predicted molar refractivity (Wildman–Crippen MR) is 101 cm³/mol. The van der Waals surface area contributed by atoms with Crippen molar-refractivity contribution in [3.05, 3.63) is 64.7 Å². The normalized spacial score (nSPS) is 15.1. The number of fused-ring (bicyclic) bond motifs is 1. The SMILES string of the molecule is CCC[C@@H](NC(=O)c1cccc2c1CC(=O)N2)[C@@H](O)c1ccccc1C. The van der Waals surface area contributed by atoms with Gasteiger partial charge in [0.05, 0.1) is 18.6 Å². The van der Waals surface area contributed by atoms with E-state index >= 15 is 0 Å². The van der Waals surface area contributed by atoms with Crippen molar-refractivity contribution in [3.63, 3.8) is 0 Å². The Morgan fingerprint density at radius 2 is 2.00 bits per heavy atom. The van der Waals surface area contributed by atoms with Gasteiger partial charge in [0, 0.05) is 11.3 Å². The van der Waals surface area contributed by atoms with Crippen LogP contribution in [0.15, 0.2) is 42.5 Å². The number of aliphatic hydroxyl groups is 1. The first-order chi connectivity index (χ1) is 12.5. The molecule has 5 nitrogen and oxygen atoms in total. The van der Waals surface area contributed by atoms with Gasteiger partial charge in [-0.25, -0.2) is 0 Å². The molecule has 2 aromatic carbocycles. The van der Waals surface area contributed by atoms with Crippen molar-refractivity contribution in [3.8, 4) is 0 Å². The molecule has 0 fully saturated rings. The second-order valence-corrected chi connectivity index (χ2v) is 6.73. The molecule has 0 bridgehead atoms. The highest BCUT2D eigenvalue weighted by Crippen LogP contribution is 2.27. The number of hydrogen-bond donors (Lipinski definition) is 3. The molecule has 1 heterocycles. The van der Waals surface area contributed by atoms with Crippen LogP contribution < -0.4 is 10.6 Å². The number of carbonyl (C=O) groups excluding carboxylic acids is 2. The lowest BCUT2D eigenvalue weighted by Gasteiger charge is -2.25. The van der Waals surface area contributed by atoms with Gasteiger partial charge in [-0.1, -0.05) is 43.7 Å². The minimum Gasteiger partial charge on any atom is -0.386 e. The van der Waals surface area contributed by atoms with Gasteiger partial charge in [-0.2, -0.15) is 0 Å². The van der Waals surface area contributed by atoms with Crippen LogP contribution >= 0.6 is 0 Å². The highest BCUT2D eigenvalue weighted by Gasteiger charge is 2.27. The van der Waals surface area contributed by atoms with E-state index in [2.05, 4.69) is 10.6 Å². The van der Waals surface area contributed by atoms with Crippen molar-refractivity contribution >= 4 is 17.5 Å². The van der Waals surface area contributed by atoms with Gasteiger partial charge >= 0.3 is 0 Å². The maximum absolute atomic E-state index is 12.9. The Balaban J connectivity index is 1.83. The third-order valence-corrected chi connectivity index (χ3v) is 4.84. The van der Waals surface area contributed by atoms with Crippen LogP contribution in [0.4, 0.5) is 5.69 Å². The summed E-state index contributed by atoms with van der Waals surface area (Å²) in [5, 5.41) is 16.6. The average Bonchev–Trinajstić information content (AvgIpc) is 3.01. The van der Waals surface area contributed by atoms with Crippen LogP contribution in [-0.4, -0.2) is 23.0 Å². The highest BCUT2D eigenvalue weighted by molar-refractivity contribution is 6.05. The maximum atomic E-state index is 12.9. The Hall–Kier alpha value is -2.66. The summed E-state index contributed by atoms with van der Waals surface area (Å²) in [6, 6.07) is 12.5. The lowest BCUT2D eigenvalue weighted by molar-refractivity contribution is -0.115. The molecule has 1 aliphatic heterocycles. The number of carbonyl (C=O) groups is 2. The predicted octanol–water partition coefficient (Wildman–Crippen LogP) is 3.12. The first-order valence-corrected chi connectivity index (χ1v) is 8.97. The fraction of sp³-hybridized carbons (Fsp3) is 0.333. The van der Waals surface area contributed by atoms with Crippen LogP contribution in [0.5, 0.6) is 0 Å². The first kappa shape index (κ1) is 18.1. The number of anilines is 1. The summed E-state index contributed by atoms with van der Waals surface area (Å²) in [5.74, 6) is -0.366. The molecular formula is C21H24N2O3. The van der Waals surface area contributed by atoms with Gasteiger partial charge in [0.15, 0.2) is 0 Å². The van der Waals surface area contributed by atoms with Gasteiger partial charge in [0.2, 0.25) is 5.91 Å². The fourth-order valence-electron chi connectivity index (χ4n) is 3.46. The van der Waals surface area contributed by atoms with Gasteiger partial charge in [0.1, 0.15) is 0 Å². The van der Waals surface area contributed by atoms with Crippen LogP contribution in [0.25, 0.3) is 0 Å². The molecule has 1 aliphatic rings. The summed E-state index contributed by atoms with van der Waals surface area (Å²) < 4.78 is 0.